The van der Waals surface area contributed by atoms with Crippen molar-refractivity contribution in [2.45, 2.75) is 110 Å². The normalized spacial score (nSPS) is 10.4. The molecule has 0 heterocycles. The van der Waals surface area contributed by atoms with Gasteiger partial charge in [-0.2, -0.15) is 0 Å². The van der Waals surface area contributed by atoms with Gasteiger partial charge < -0.3 is 10.1 Å². The van der Waals surface area contributed by atoms with Gasteiger partial charge in [-0.1, -0.05) is 96.8 Å². The van der Waals surface area contributed by atoms with Gasteiger partial charge in [0.1, 0.15) is 0 Å². The van der Waals surface area contributed by atoms with Gasteiger partial charge in [0, 0.05) is 36.0 Å². The summed E-state index contributed by atoms with van der Waals surface area (Å²) in [5.74, 6) is -0.886. The molecule has 0 fully saturated rings. The van der Waals surface area contributed by atoms with Crippen LogP contribution >= 0.6 is 0 Å². The smallest absolute Gasteiger partial charge is 0.327 e. The second kappa shape index (κ2) is 23.1. The van der Waals surface area contributed by atoms with E-state index in [9.17, 15) is 9.59 Å². The number of rotatable bonds is 18. The van der Waals surface area contributed by atoms with E-state index in [1.165, 1.54) is 83.5 Å². The summed E-state index contributed by atoms with van der Waals surface area (Å²) in [6.45, 7) is 2.35. The molecule has 0 aromatic carbocycles. The zero-order valence-electron chi connectivity index (χ0n) is 17.7. The molecule has 0 atom stereocenters. The topological polar surface area (TPSA) is 55.4 Å². The number of ether oxygens (including phenoxy) is 1. The van der Waals surface area contributed by atoms with Gasteiger partial charge in [0.15, 0.2) is 0 Å². The third-order valence-electron chi connectivity index (χ3n) is 4.53. The van der Waals surface area contributed by atoms with Crippen LogP contribution in [0.5, 0.6) is 0 Å². The molecule has 0 aliphatic carbocycles. The molecule has 0 rings (SSSR count). The Bertz CT molecular complexity index is 324. The monoisotopic (exact) mass is 378 g/mol. The average molecular weight is 379 g/mol. The number of esters is 2. The van der Waals surface area contributed by atoms with Crippen LogP contribution in [-0.2, 0) is 14.3 Å². The number of unbranched alkanes of at least 4 members (excludes halogenated alkanes) is 14. The second-order valence-electron chi connectivity index (χ2n) is 7.08. The maximum Gasteiger partial charge on any atom is 0.327 e. The van der Waals surface area contributed by atoms with Crippen LogP contribution in [0.1, 0.15) is 110 Å². The molecule has 1 radical (unpaired) electrons. The van der Waals surface area contributed by atoms with Crippen LogP contribution < -0.4 is 5.32 Å². The molecular weight excluding hydrogens is 337 g/mol. The molecule has 0 unspecified atom stereocenters. The minimum atomic E-state index is -0.492. The molecular formula is C21H41NNaO3. The van der Waals surface area contributed by atoms with Gasteiger partial charge in [-0.3, -0.25) is 9.59 Å². The fraction of sp³-hybridized carbons (Fsp3) is 0.905. The summed E-state index contributed by atoms with van der Waals surface area (Å²) in [6, 6.07) is 0. The van der Waals surface area contributed by atoms with Gasteiger partial charge in [0.25, 0.3) is 0 Å². The third-order valence-corrected chi connectivity index (χ3v) is 4.53. The Kier molecular flexibility index (Phi) is 25.2. The van der Waals surface area contributed by atoms with Gasteiger partial charge in [-0.05, 0) is 13.5 Å². The molecule has 0 saturated heterocycles. The minimum Gasteiger partial charge on any atom is -0.392 e. The Morgan fingerprint density at radius 3 is 1.42 bits per heavy atom. The summed E-state index contributed by atoms with van der Waals surface area (Å²) in [5, 5.41) is 2.67. The zero-order valence-corrected chi connectivity index (χ0v) is 19.7. The summed E-state index contributed by atoms with van der Waals surface area (Å²) in [6.07, 6.45) is 19.9. The molecule has 149 valence electrons. The first-order valence-electron chi connectivity index (χ1n) is 10.6. The maximum absolute atomic E-state index is 11.4. The number of carbonyl (C=O) groups is 2. The minimum absolute atomic E-state index is 0. The van der Waals surface area contributed by atoms with Crippen LogP contribution in [0.15, 0.2) is 0 Å². The Hall–Kier alpha value is 0.1000. The Morgan fingerprint density at radius 1 is 0.654 bits per heavy atom. The molecule has 26 heavy (non-hydrogen) atoms. The van der Waals surface area contributed by atoms with Crippen molar-refractivity contribution in [1.29, 1.82) is 0 Å². The van der Waals surface area contributed by atoms with Crippen molar-refractivity contribution in [3.63, 3.8) is 0 Å². The van der Waals surface area contributed by atoms with Crippen molar-refractivity contribution < 1.29 is 14.3 Å². The molecule has 0 aliphatic rings. The summed E-state index contributed by atoms with van der Waals surface area (Å²) in [4.78, 5) is 22.5. The molecule has 0 amide bonds. The molecule has 0 aromatic heterocycles. The van der Waals surface area contributed by atoms with E-state index in [1.807, 2.05) is 0 Å². The first-order valence-corrected chi connectivity index (χ1v) is 10.6. The molecule has 0 spiro atoms. The predicted octanol–water partition coefficient (Wildman–Crippen LogP) is 5.16. The number of hydrogen-bond donors (Lipinski definition) is 1. The van der Waals surface area contributed by atoms with Crippen molar-refractivity contribution in [2.24, 2.45) is 0 Å². The SMILES string of the molecule is CCCCCCCCCCCCCCCCCC(=O)OC(=O)CNC.[Na]. The van der Waals surface area contributed by atoms with Crippen molar-refractivity contribution >= 4 is 41.5 Å². The van der Waals surface area contributed by atoms with Crippen LogP contribution in [0.25, 0.3) is 0 Å². The number of likely N-dealkylation sites (N-methyl/N-ethyl adjacent to an activating group) is 1. The molecule has 0 aliphatic heterocycles. The Labute approximate surface area is 183 Å². The standard InChI is InChI=1S/C21H41NO3.Na/c1-3-4-5-6-7-8-9-10-11-12-13-14-15-16-17-18-20(23)25-21(24)19-22-2;/h22H,3-19H2,1-2H3;. The fourth-order valence-corrected chi connectivity index (χ4v) is 3.00. The summed E-state index contributed by atoms with van der Waals surface area (Å²) >= 11 is 0. The van der Waals surface area contributed by atoms with E-state index in [2.05, 4.69) is 17.0 Å². The van der Waals surface area contributed by atoms with Crippen molar-refractivity contribution in [1.82, 2.24) is 5.32 Å². The van der Waals surface area contributed by atoms with E-state index in [0.29, 0.717) is 6.42 Å². The Morgan fingerprint density at radius 2 is 1.04 bits per heavy atom. The summed E-state index contributed by atoms with van der Waals surface area (Å²) in [5.41, 5.74) is 0. The molecule has 5 heteroatoms. The Balaban J connectivity index is 0. The average Bonchev–Trinajstić information content (AvgIpc) is 2.58. The maximum atomic E-state index is 11.4. The van der Waals surface area contributed by atoms with Crippen molar-refractivity contribution in [3.05, 3.63) is 0 Å². The van der Waals surface area contributed by atoms with E-state index in [0.717, 1.165) is 12.8 Å². The summed E-state index contributed by atoms with van der Waals surface area (Å²) < 4.78 is 4.67. The quantitative estimate of drug-likeness (QED) is 0.155. The van der Waals surface area contributed by atoms with E-state index >= 15 is 0 Å². The first-order chi connectivity index (χ1) is 12.2. The molecule has 4 nitrogen and oxygen atoms in total. The molecule has 0 aromatic rings. The van der Waals surface area contributed by atoms with Crippen LogP contribution in [-0.4, -0.2) is 55.1 Å². The molecule has 0 saturated carbocycles. The van der Waals surface area contributed by atoms with E-state index in [1.54, 1.807) is 7.05 Å². The van der Waals surface area contributed by atoms with E-state index in [-0.39, 0.29) is 36.1 Å². The van der Waals surface area contributed by atoms with Crippen LogP contribution in [0.2, 0.25) is 0 Å². The second-order valence-corrected chi connectivity index (χ2v) is 7.08. The predicted molar refractivity (Wildman–Crippen MR) is 110 cm³/mol. The van der Waals surface area contributed by atoms with Gasteiger partial charge in [0.05, 0.1) is 6.54 Å². The van der Waals surface area contributed by atoms with Crippen LogP contribution in [0.3, 0.4) is 0 Å². The fourth-order valence-electron chi connectivity index (χ4n) is 3.00. The van der Waals surface area contributed by atoms with Gasteiger partial charge in [-0.15, -0.1) is 0 Å². The van der Waals surface area contributed by atoms with E-state index < -0.39 is 11.9 Å². The van der Waals surface area contributed by atoms with Gasteiger partial charge >= 0.3 is 11.9 Å². The number of nitrogens with one attached hydrogen (secondary N) is 1. The largest absolute Gasteiger partial charge is 0.392 e. The molecule has 0 bridgehead atoms. The molecule has 1 N–H and O–H groups in total. The number of carbonyl (C=O) groups excluding carboxylic acids is 2. The van der Waals surface area contributed by atoms with Crippen LogP contribution in [0, 0.1) is 0 Å². The number of hydrogen-bond acceptors (Lipinski definition) is 4. The summed E-state index contributed by atoms with van der Waals surface area (Å²) in [7, 11) is 1.65. The van der Waals surface area contributed by atoms with Crippen molar-refractivity contribution in [2.75, 3.05) is 13.6 Å². The van der Waals surface area contributed by atoms with E-state index in [4.69, 9.17) is 0 Å². The van der Waals surface area contributed by atoms with Gasteiger partial charge in [-0.25, -0.2) is 0 Å². The zero-order chi connectivity index (χ0) is 18.6. The third kappa shape index (κ3) is 22.1. The van der Waals surface area contributed by atoms with Crippen LogP contribution in [0.4, 0.5) is 0 Å². The first kappa shape index (κ1) is 28.3. The van der Waals surface area contributed by atoms with Gasteiger partial charge in [0.2, 0.25) is 0 Å². The van der Waals surface area contributed by atoms with Crippen molar-refractivity contribution in [3.8, 4) is 0 Å².